The number of halogens is 1. The SMILES string of the molecule is CC(C)(C)OC(=O)NCC(C)(C)C(=O)OCI. The molecule has 0 saturated carbocycles. The van der Waals surface area contributed by atoms with E-state index in [0.717, 1.165) is 0 Å². The number of esters is 1. The molecule has 0 unspecified atom stereocenters. The number of alkyl carbamates (subject to hydrolysis) is 1. The lowest BCUT2D eigenvalue weighted by molar-refractivity contribution is -0.150. The van der Waals surface area contributed by atoms with Gasteiger partial charge in [-0.3, -0.25) is 4.79 Å². The zero-order valence-corrected chi connectivity index (χ0v) is 13.1. The van der Waals surface area contributed by atoms with Crippen molar-refractivity contribution in [2.24, 2.45) is 5.41 Å². The Morgan fingerprint density at radius 1 is 1.18 bits per heavy atom. The van der Waals surface area contributed by atoms with E-state index in [1.807, 2.05) is 22.6 Å². The Labute approximate surface area is 116 Å². The van der Waals surface area contributed by atoms with Crippen LogP contribution in [0.3, 0.4) is 0 Å². The van der Waals surface area contributed by atoms with E-state index in [9.17, 15) is 9.59 Å². The molecule has 0 aromatic carbocycles. The van der Waals surface area contributed by atoms with Gasteiger partial charge >= 0.3 is 12.1 Å². The van der Waals surface area contributed by atoms with Crippen LogP contribution in [0.5, 0.6) is 0 Å². The molecule has 17 heavy (non-hydrogen) atoms. The number of hydrogen-bond acceptors (Lipinski definition) is 4. The Morgan fingerprint density at radius 2 is 1.71 bits per heavy atom. The van der Waals surface area contributed by atoms with Gasteiger partial charge in [0.25, 0.3) is 0 Å². The van der Waals surface area contributed by atoms with Gasteiger partial charge in [-0.05, 0) is 57.2 Å². The second kappa shape index (κ2) is 6.42. The van der Waals surface area contributed by atoms with Gasteiger partial charge in [-0.15, -0.1) is 0 Å². The average Bonchev–Trinajstić information content (AvgIpc) is 2.12. The molecule has 0 aliphatic rings. The van der Waals surface area contributed by atoms with Crippen LogP contribution in [0.15, 0.2) is 0 Å². The lowest BCUT2D eigenvalue weighted by atomic mass is 9.94. The molecule has 0 atom stereocenters. The van der Waals surface area contributed by atoms with E-state index in [4.69, 9.17) is 9.47 Å². The van der Waals surface area contributed by atoms with Crippen molar-refractivity contribution in [2.75, 3.05) is 11.2 Å². The Morgan fingerprint density at radius 3 is 2.12 bits per heavy atom. The summed E-state index contributed by atoms with van der Waals surface area (Å²) >= 11 is 1.95. The van der Waals surface area contributed by atoms with Crippen molar-refractivity contribution in [3.05, 3.63) is 0 Å². The summed E-state index contributed by atoms with van der Waals surface area (Å²) in [4.78, 5) is 22.9. The third kappa shape index (κ3) is 7.40. The number of carbonyl (C=O) groups excluding carboxylic acids is 2. The second-order valence-corrected chi connectivity index (χ2v) is 5.90. The highest BCUT2D eigenvalue weighted by Crippen LogP contribution is 2.17. The third-order valence-corrected chi connectivity index (χ3v) is 2.12. The first-order chi connectivity index (χ1) is 7.58. The topological polar surface area (TPSA) is 64.6 Å². The Balaban J connectivity index is 4.18. The van der Waals surface area contributed by atoms with E-state index in [-0.39, 0.29) is 12.5 Å². The van der Waals surface area contributed by atoms with E-state index < -0.39 is 17.1 Å². The van der Waals surface area contributed by atoms with Crippen molar-refractivity contribution in [2.45, 2.75) is 40.2 Å². The van der Waals surface area contributed by atoms with Gasteiger partial charge in [0.2, 0.25) is 0 Å². The van der Waals surface area contributed by atoms with Crippen LogP contribution in [0.4, 0.5) is 4.79 Å². The number of alkyl halides is 1. The van der Waals surface area contributed by atoms with Crippen LogP contribution in [-0.4, -0.2) is 28.8 Å². The fraction of sp³-hybridized carbons (Fsp3) is 0.818. The predicted molar refractivity (Wildman–Crippen MR) is 73.0 cm³/mol. The first-order valence-corrected chi connectivity index (χ1v) is 6.81. The molecule has 6 heteroatoms. The van der Waals surface area contributed by atoms with Gasteiger partial charge in [-0.1, -0.05) is 0 Å². The van der Waals surface area contributed by atoms with Crippen LogP contribution >= 0.6 is 22.6 Å². The highest BCUT2D eigenvalue weighted by atomic mass is 127. The molecule has 0 saturated heterocycles. The van der Waals surface area contributed by atoms with Gasteiger partial charge in [0.1, 0.15) is 10.2 Å². The molecule has 0 fully saturated rings. The van der Waals surface area contributed by atoms with E-state index >= 15 is 0 Å². The van der Waals surface area contributed by atoms with E-state index in [1.165, 1.54) is 0 Å². The van der Waals surface area contributed by atoms with E-state index in [0.29, 0.717) is 4.61 Å². The summed E-state index contributed by atoms with van der Waals surface area (Å²) in [7, 11) is 0. The summed E-state index contributed by atoms with van der Waals surface area (Å²) in [5, 5.41) is 2.55. The van der Waals surface area contributed by atoms with Gasteiger partial charge in [-0.25, -0.2) is 4.79 Å². The van der Waals surface area contributed by atoms with Gasteiger partial charge in [0.15, 0.2) is 0 Å². The van der Waals surface area contributed by atoms with Crippen molar-refractivity contribution in [1.29, 1.82) is 0 Å². The Kier molecular flexibility index (Phi) is 6.22. The number of ether oxygens (including phenoxy) is 2. The fourth-order valence-corrected chi connectivity index (χ4v) is 1.21. The van der Waals surface area contributed by atoms with Gasteiger partial charge in [0.05, 0.1) is 5.41 Å². The van der Waals surface area contributed by atoms with Crippen LogP contribution in [0, 0.1) is 5.41 Å². The van der Waals surface area contributed by atoms with Crippen LogP contribution in [0.1, 0.15) is 34.6 Å². The summed E-state index contributed by atoms with van der Waals surface area (Å²) < 4.78 is 10.3. The minimum Gasteiger partial charge on any atom is -0.455 e. The zero-order valence-electron chi connectivity index (χ0n) is 10.9. The summed E-state index contributed by atoms with van der Waals surface area (Å²) in [6, 6.07) is 0. The molecule has 0 radical (unpaired) electrons. The van der Waals surface area contributed by atoms with Gasteiger partial charge < -0.3 is 14.8 Å². The van der Waals surface area contributed by atoms with E-state index in [2.05, 4.69) is 5.32 Å². The molecule has 1 N–H and O–H groups in total. The third-order valence-electron chi connectivity index (χ3n) is 1.81. The molecule has 0 aliphatic carbocycles. The molecule has 0 aromatic heterocycles. The molecule has 0 aliphatic heterocycles. The highest BCUT2D eigenvalue weighted by molar-refractivity contribution is 14.1. The standard InChI is InChI=1S/C11H20INO4/c1-10(2,3)17-9(15)13-6-11(4,5)8(14)16-7-12/h6-7H2,1-5H3,(H,13,15). The maximum absolute atomic E-state index is 11.5. The zero-order chi connectivity index (χ0) is 13.7. The van der Waals surface area contributed by atoms with Crippen molar-refractivity contribution in [3.63, 3.8) is 0 Å². The monoisotopic (exact) mass is 357 g/mol. The van der Waals surface area contributed by atoms with Crippen LogP contribution in [0.2, 0.25) is 0 Å². The molecule has 0 heterocycles. The minimum absolute atomic E-state index is 0.178. The molecule has 100 valence electrons. The molecular weight excluding hydrogens is 337 g/mol. The smallest absolute Gasteiger partial charge is 0.407 e. The van der Waals surface area contributed by atoms with Gasteiger partial charge in [-0.2, -0.15) is 0 Å². The van der Waals surface area contributed by atoms with Crippen molar-refractivity contribution in [1.82, 2.24) is 5.32 Å². The lowest BCUT2D eigenvalue weighted by Crippen LogP contribution is -2.42. The lowest BCUT2D eigenvalue weighted by Gasteiger charge is -2.24. The van der Waals surface area contributed by atoms with Crippen LogP contribution in [-0.2, 0) is 14.3 Å². The highest BCUT2D eigenvalue weighted by Gasteiger charge is 2.30. The maximum atomic E-state index is 11.5. The maximum Gasteiger partial charge on any atom is 0.407 e. The Bertz CT molecular complexity index is 284. The second-order valence-electron chi connectivity index (χ2n) is 5.28. The fourth-order valence-electron chi connectivity index (χ4n) is 0.924. The van der Waals surface area contributed by atoms with Crippen LogP contribution in [0.25, 0.3) is 0 Å². The van der Waals surface area contributed by atoms with Crippen molar-refractivity contribution >= 4 is 34.7 Å². The summed E-state index contributed by atoms with van der Waals surface area (Å²) in [6.07, 6.45) is -0.534. The molecule has 0 bridgehead atoms. The molecule has 0 aromatic rings. The van der Waals surface area contributed by atoms with E-state index in [1.54, 1.807) is 34.6 Å². The van der Waals surface area contributed by atoms with Crippen LogP contribution < -0.4 is 5.32 Å². The molecule has 5 nitrogen and oxygen atoms in total. The molecular formula is C11H20INO4. The first-order valence-electron chi connectivity index (χ1n) is 5.28. The molecule has 0 spiro atoms. The molecule has 0 rings (SSSR count). The predicted octanol–water partition coefficient (Wildman–Crippen LogP) is 2.47. The normalized spacial score (nSPS) is 11.9. The minimum atomic E-state index is -0.762. The number of rotatable bonds is 4. The summed E-state index contributed by atoms with van der Waals surface area (Å²) in [5.41, 5.74) is -1.31. The Hall–Kier alpha value is -0.530. The van der Waals surface area contributed by atoms with Crippen molar-refractivity contribution < 1.29 is 19.1 Å². The number of carbonyl (C=O) groups is 2. The van der Waals surface area contributed by atoms with Crippen molar-refractivity contribution in [3.8, 4) is 0 Å². The largest absolute Gasteiger partial charge is 0.455 e. The average molecular weight is 357 g/mol. The first kappa shape index (κ1) is 16.5. The number of hydrogen-bond donors (Lipinski definition) is 1. The molecule has 1 amide bonds. The van der Waals surface area contributed by atoms with Gasteiger partial charge in [0, 0.05) is 6.54 Å². The summed E-state index contributed by atoms with van der Waals surface area (Å²) in [6.45, 7) is 8.93. The summed E-state index contributed by atoms with van der Waals surface area (Å²) in [5.74, 6) is -0.344. The number of nitrogens with one attached hydrogen (secondary N) is 1. The number of amides is 1. The quantitative estimate of drug-likeness (QED) is 0.477.